The summed E-state index contributed by atoms with van der Waals surface area (Å²) in [6.45, 7) is -0.133. The maximum absolute atomic E-state index is 12.6. The Labute approximate surface area is 159 Å². The third kappa shape index (κ3) is 3.48. The summed E-state index contributed by atoms with van der Waals surface area (Å²) in [5.74, 6) is -0.941. The summed E-state index contributed by atoms with van der Waals surface area (Å²) >= 11 is 0. The zero-order valence-corrected chi connectivity index (χ0v) is 15.3. The van der Waals surface area contributed by atoms with E-state index in [0.717, 1.165) is 45.4 Å². The van der Waals surface area contributed by atoms with Crippen LogP contribution in [0.1, 0.15) is 12.8 Å². The zero-order chi connectivity index (χ0) is 19.9. The first-order valence-electron chi connectivity index (χ1n) is 9.10. The molecule has 1 N–H and O–H groups in total. The molecule has 0 bridgehead atoms. The van der Waals surface area contributed by atoms with Crippen LogP contribution >= 0.6 is 0 Å². The largest absolute Gasteiger partial charge is 0.406 e. The van der Waals surface area contributed by atoms with Gasteiger partial charge in [0.25, 0.3) is 0 Å². The third-order valence-electron chi connectivity index (χ3n) is 5.19. The van der Waals surface area contributed by atoms with E-state index in [0.29, 0.717) is 13.0 Å². The first-order chi connectivity index (χ1) is 13.3. The van der Waals surface area contributed by atoms with Crippen molar-refractivity contribution in [2.75, 3.05) is 31.6 Å². The lowest BCUT2D eigenvalue weighted by atomic mass is 9.95. The summed E-state index contributed by atoms with van der Waals surface area (Å²) in [4.78, 5) is 27.1. The van der Waals surface area contributed by atoms with Gasteiger partial charge in [-0.15, -0.1) is 0 Å². The SMILES string of the molecule is CN(CC(F)(F)F)C(=O)C1CCCN(c2cncc3cnc4[nH]ccc4c23)C1. The Balaban J connectivity index is 1.63. The van der Waals surface area contributed by atoms with Crippen molar-refractivity contribution in [2.24, 2.45) is 5.92 Å². The van der Waals surface area contributed by atoms with Crippen LogP contribution < -0.4 is 4.90 Å². The molecular weight excluding hydrogens is 371 g/mol. The molecule has 0 radical (unpaired) electrons. The van der Waals surface area contributed by atoms with Gasteiger partial charge in [-0.3, -0.25) is 9.78 Å². The van der Waals surface area contributed by atoms with Gasteiger partial charge in [-0.25, -0.2) is 4.98 Å². The quantitative estimate of drug-likeness (QED) is 0.744. The molecule has 0 saturated carbocycles. The third-order valence-corrected chi connectivity index (χ3v) is 5.19. The minimum absolute atomic E-state index is 0.371. The first-order valence-corrected chi connectivity index (χ1v) is 9.10. The molecule has 1 unspecified atom stereocenters. The molecule has 1 amide bonds. The maximum atomic E-state index is 12.6. The van der Waals surface area contributed by atoms with E-state index in [1.54, 1.807) is 18.6 Å². The monoisotopic (exact) mass is 391 g/mol. The standard InChI is InChI=1S/C19H20F3N5O/c1-26(11-19(20,21)22)18(28)12-3-2-6-27(10-12)15-9-23-7-13-8-25-17-14(16(13)15)4-5-24-17/h4-5,7-9,12H,2-3,6,10-11H2,1H3,(H,24,25). The minimum Gasteiger partial charge on any atom is -0.369 e. The molecular formula is C19H20F3N5O. The van der Waals surface area contributed by atoms with E-state index in [1.165, 1.54) is 7.05 Å². The highest BCUT2D eigenvalue weighted by Crippen LogP contribution is 2.34. The van der Waals surface area contributed by atoms with Crippen LogP contribution in [0.4, 0.5) is 18.9 Å². The van der Waals surface area contributed by atoms with E-state index >= 15 is 0 Å². The number of nitrogens with zero attached hydrogens (tertiary/aromatic N) is 4. The van der Waals surface area contributed by atoms with Crippen molar-refractivity contribution in [3.8, 4) is 0 Å². The maximum Gasteiger partial charge on any atom is 0.406 e. The lowest BCUT2D eigenvalue weighted by molar-refractivity contribution is -0.161. The highest BCUT2D eigenvalue weighted by Gasteiger charge is 2.35. The van der Waals surface area contributed by atoms with Gasteiger partial charge in [-0.1, -0.05) is 0 Å². The Hall–Kier alpha value is -2.84. The average Bonchev–Trinajstić information content (AvgIpc) is 3.14. The zero-order valence-electron chi connectivity index (χ0n) is 15.3. The number of amides is 1. The summed E-state index contributed by atoms with van der Waals surface area (Å²) in [6, 6.07) is 1.94. The van der Waals surface area contributed by atoms with Crippen LogP contribution in [0.15, 0.2) is 30.9 Å². The van der Waals surface area contributed by atoms with Gasteiger partial charge < -0.3 is 14.8 Å². The number of pyridine rings is 2. The van der Waals surface area contributed by atoms with Crippen LogP contribution in [0.3, 0.4) is 0 Å². The molecule has 1 saturated heterocycles. The topological polar surface area (TPSA) is 65.1 Å². The number of anilines is 1. The van der Waals surface area contributed by atoms with Crippen molar-refractivity contribution >= 4 is 33.4 Å². The van der Waals surface area contributed by atoms with Gasteiger partial charge in [0.2, 0.25) is 5.91 Å². The normalized spacial score (nSPS) is 18.0. The highest BCUT2D eigenvalue weighted by atomic mass is 19.4. The van der Waals surface area contributed by atoms with Gasteiger partial charge in [0.1, 0.15) is 12.2 Å². The Bertz CT molecular complexity index is 1020. The molecule has 0 aliphatic carbocycles. The molecule has 0 aromatic carbocycles. The van der Waals surface area contributed by atoms with Gasteiger partial charge in [-0.05, 0) is 18.9 Å². The van der Waals surface area contributed by atoms with Crippen LogP contribution in [-0.4, -0.2) is 58.6 Å². The summed E-state index contributed by atoms with van der Waals surface area (Å²) in [7, 11) is 1.21. The molecule has 3 aromatic heterocycles. The number of nitrogens with one attached hydrogen (secondary N) is 1. The molecule has 6 nitrogen and oxygen atoms in total. The second-order valence-electron chi connectivity index (χ2n) is 7.22. The number of hydrogen-bond acceptors (Lipinski definition) is 4. The molecule has 1 aliphatic rings. The van der Waals surface area contributed by atoms with Crippen molar-refractivity contribution < 1.29 is 18.0 Å². The summed E-state index contributed by atoms with van der Waals surface area (Å²) in [5.41, 5.74) is 1.63. The molecule has 1 fully saturated rings. The average molecular weight is 391 g/mol. The first kappa shape index (κ1) is 18.5. The lowest BCUT2D eigenvalue weighted by Crippen LogP contribution is -2.46. The van der Waals surface area contributed by atoms with Gasteiger partial charge in [0.15, 0.2) is 0 Å². The second kappa shape index (κ2) is 6.96. The van der Waals surface area contributed by atoms with E-state index in [-0.39, 0.29) is 0 Å². The number of hydrogen-bond donors (Lipinski definition) is 1. The lowest BCUT2D eigenvalue weighted by Gasteiger charge is -2.36. The predicted octanol–water partition coefficient (Wildman–Crippen LogP) is 3.35. The number of carbonyl (C=O) groups is 1. The van der Waals surface area contributed by atoms with E-state index in [2.05, 4.69) is 19.9 Å². The van der Waals surface area contributed by atoms with Crippen molar-refractivity contribution in [3.63, 3.8) is 0 Å². The molecule has 1 atom stereocenters. The van der Waals surface area contributed by atoms with Gasteiger partial charge in [0, 0.05) is 54.9 Å². The minimum atomic E-state index is -4.40. The summed E-state index contributed by atoms with van der Waals surface area (Å²) in [5, 5.41) is 2.82. The van der Waals surface area contributed by atoms with Gasteiger partial charge in [-0.2, -0.15) is 13.2 Å². The van der Waals surface area contributed by atoms with Crippen LogP contribution in [0.5, 0.6) is 0 Å². The number of rotatable bonds is 3. The van der Waals surface area contributed by atoms with Crippen molar-refractivity contribution in [1.82, 2.24) is 19.9 Å². The number of aromatic nitrogens is 3. The fourth-order valence-corrected chi connectivity index (χ4v) is 3.96. The smallest absolute Gasteiger partial charge is 0.369 e. The summed E-state index contributed by atoms with van der Waals surface area (Å²) < 4.78 is 37.9. The van der Waals surface area contributed by atoms with Crippen molar-refractivity contribution in [3.05, 3.63) is 30.9 Å². The van der Waals surface area contributed by atoms with E-state index in [4.69, 9.17) is 0 Å². The Morgan fingerprint density at radius 3 is 2.96 bits per heavy atom. The number of H-pyrrole nitrogens is 1. The fourth-order valence-electron chi connectivity index (χ4n) is 3.96. The van der Waals surface area contributed by atoms with Crippen LogP contribution in [-0.2, 0) is 4.79 Å². The van der Waals surface area contributed by atoms with Crippen LogP contribution in [0.25, 0.3) is 21.8 Å². The van der Waals surface area contributed by atoms with E-state index < -0.39 is 24.5 Å². The molecule has 3 aromatic rings. The van der Waals surface area contributed by atoms with Gasteiger partial charge >= 0.3 is 6.18 Å². The highest BCUT2D eigenvalue weighted by molar-refractivity contribution is 6.11. The van der Waals surface area contributed by atoms with E-state index in [9.17, 15) is 18.0 Å². The molecule has 0 spiro atoms. The molecule has 1 aliphatic heterocycles. The fraction of sp³-hybridized carbons (Fsp3) is 0.421. The second-order valence-corrected chi connectivity index (χ2v) is 7.22. The van der Waals surface area contributed by atoms with Crippen LogP contribution in [0, 0.1) is 5.92 Å². The number of fused-ring (bicyclic) bond motifs is 3. The Morgan fingerprint density at radius 2 is 2.18 bits per heavy atom. The summed E-state index contributed by atoms with van der Waals surface area (Å²) in [6.07, 6.45) is 3.96. The van der Waals surface area contributed by atoms with Crippen LogP contribution in [0.2, 0.25) is 0 Å². The number of piperidine rings is 1. The molecule has 148 valence electrons. The van der Waals surface area contributed by atoms with Crippen molar-refractivity contribution in [1.29, 1.82) is 0 Å². The molecule has 28 heavy (non-hydrogen) atoms. The Morgan fingerprint density at radius 1 is 1.36 bits per heavy atom. The Kier molecular flexibility index (Phi) is 4.60. The van der Waals surface area contributed by atoms with Crippen molar-refractivity contribution in [2.45, 2.75) is 19.0 Å². The molecule has 4 rings (SSSR count). The number of carbonyl (C=O) groups excluding carboxylic acids is 1. The number of halogens is 3. The predicted molar refractivity (Wildman–Crippen MR) is 100 cm³/mol. The molecule has 9 heteroatoms. The van der Waals surface area contributed by atoms with Gasteiger partial charge in [0.05, 0.1) is 17.8 Å². The number of alkyl halides is 3. The molecule has 4 heterocycles. The number of aromatic amines is 1. The van der Waals surface area contributed by atoms with E-state index in [1.807, 2.05) is 12.3 Å².